The molecule has 0 saturated carbocycles. The Balaban J connectivity index is 1.57. The summed E-state index contributed by atoms with van der Waals surface area (Å²) in [5.41, 5.74) is 3.48. The molecule has 1 aliphatic heterocycles. The van der Waals surface area contributed by atoms with Crippen LogP contribution in [0.25, 0.3) is 0 Å². The van der Waals surface area contributed by atoms with Gasteiger partial charge in [0.15, 0.2) is 0 Å². The fraction of sp³-hybridized carbons (Fsp3) is 0.300. The number of methoxy groups -OCH3 is 1. The first-order valence-corrected chi connectivity index (χ1v) is 8.68. The zero-order valence-electron chi connectivity index (χ0n) is 14.8. The molecule has 6 nitrogen and oxygen atoms in total. The molecular weight excluding hydrogens is 330 g/mol. The van der Waals surface area contributed by atoms with E-state index in [2.05, 4.69) is 16.7 Å². The number of anilines is 2. The van der Waals surface area contributed by atoms with Crippen LogP contribution in [0, 0.1) is 0 Å². The summed E-state index contributed by atoms with van der Waals surface area (Å²) in [6.07, 6.45) is 0.888. The quantitative estimate of drug-likeness (QED) is 0.748. The second-order valence-electron chi connectivity index (χ2n) is 6.11. The van der Waals surface area contributed by atoms with E-state index in [1.165, 1.54) is 5.56 Å². The molecule has 0 aromatic heterocycles. The van der Waals surface area contributed by atoms with E-state index in [0.29, 0.717) is 25.3 Å². The number of rotatable bonds is 7. The molecule has 0 atom stereocenters. The highest BCUT2D eigenvalue weighted by atomic mass is 16.5. The second-order valence-corrected chi connectivity index (χ2v) is 6.11. The van der Waals surface area contributed by atoms with Crippen LogP contribution in [-0.2, 0) is 16.0 Å². The normalized spacial score (nSPS) is 12.6. The molecule has 3 rings (SSSR count). The molecule has 2 N–H and O–H groups in total. The number of benzene rings is 2. The van der Waals surface area contributed by atoms with Crippen molar-refractivity contribution in [2.75, 3.05) is 43.6 Å². The van der Waals surface area contributed by atoms with Crippen molar-refractivity contribution in [3.8, 4) is 0 Å². The van der Waals surface area contributed by atoms with Crippen molar-refractivity contribution >= 4 is 23.2 Å². The van der Waals surface area contributed by atoms with Crippen molar-refractivity contribution in [1.29, 1.82) is 0 Å². The molecule has 0 aliphatic carbocycles. The molecule has 2 amide bonds. The number of para-hydroxylation sites is 1. The van der Waals surface area contributed by atoms with Crippen molar-refractivity contribution in [3.05, 3.63) is 59.7 Å². The van der Waals surface area contributed by atoms with Gasteiger partial charge in [-0.3, -0.25) is 9.59 Å². The smallest absolute Gasteiger partial charge is 0.251 e. The van der Waals surface area contributed by atoms with Crippen molar-refractivity contribution in [2.45, 2.75) is 6.42 Å². The minimum atomic E-state index is -0.162. The van der Waals surface area contributed by atoms with Crippen molar-refractivity contribution < 1.29 is 14.3 Å². The monoisotopic (exact) mass is 353 g/mol. The number of fused-ring (bicyclic) bond motifs is 1. The summed E-state index contributed by atoms with van der Waals surface area (Å²) >= 11 is 0. The molecule has 1 aliphatic rings. The van der Waals surface area contributed by atoms with Gasteiger partial charge >= 0.3 is 0 Å². The topological polar surface area (TPSA) is 70.7 Å². The summed E-state index contributed by atoms with van der Waals surface area (Å²) in [5.74, 6) is -0.143. The molecule has 1 heterocycles. The van der Waals surface area contributed by atoms with Crippen LogP contribution in [0.4, 0.5) is 11.4 Å². The van der Waals surface area contributed by atoms with Gasteiger partial charge in [0, 0.05) is 37.1 Å². The SMILES string of the molecule is COCCNC(=O)c1cccc(NCC(=O)N2CCc3ccccc32)c1. The van der Waals surface area contributed by atoms with E-state index in [9.17, 15) is 9.59 Å². The van der Waals surface area contributed by atoms with Gasteiger partial charge in [-0.15, -0.1) is 0 Å². The van der Waals surface area contributed by atoms with E-state index in [0.717, 1.165) is 17.8 Å². The molecule has 6 heteroatoms. The lowest BCUT2D eigenvalue weighted by Gasteiger charge is -2.18. The van der Waals surface area contributed by atoms with Crippen LogP contribution in [0.3, 0.4) is 0 Å². The predicted molar refractivity (Wildman–Crippen MR) is 102 cm³/mol. The maximum atomic E-state index is 12.5. The van der Waals surface area contributed by atoms with Crippen LogP contribution in [0.1, 0.15) is 15.9 Å². The Morgan fingerprint density at radius 2 is 2.00 bits per heavy atom. The third kappa shape index (κ3) is 4.21. The third-order valence-electron chi connectivity index (χ3n) is 4.35. The molecule has 0 radical (unpaired) electrons. The Morgan fingerprint density at radius 1 is 1.15 bits per heavy atom. The summed E-state index contributed by atoms with van der Waals surface area (Å²) in [6.45, 7) is 1.82. The number of hydrogen-bond acceptors (Lipinski definition) is 4. The molecule has 136 valence electrons. The lowest BCUT2D eigenvalue weighted by atomic mass is 10.2. The maximum Gasteiger partial charge on any atom is 0.251 e. The van der Waals surface area contributed by atoms with E-state index in [-0.39, 0.29) is 18.4 Å². The number of carbonyl (C=O) groups excluding carboxylic acids is 2. The Morgan fingerprint density at radius 3 is 2.85 bits per heavy atom. The fourth-order valence-electron chi connectivity index (χ4n) is 3.01. The van der Waals surface area contributed by atoms with Gasteiger partial charge in [0.05, 0.1) is 13.2 Å². The van der Waals surface area contributed by atoms with E-state index >= 15 is 0 Å². The average molecular weight is 353 g/mol. The molecule has 0 saturated heterocycles. The zero-order valence-corrected chi connectivity index (χ0v) is 14.8. The summed E-state index contributed by atoms with van der Waals surface area (Å²) < 4.78 is 4.92. The van der Waals surface area contributed by atoms with E-state index in [1.54, 1.807) is 25.3 Å². The zero-order chi connectivity index (χ0) is 18.4. The maximum absolute atomic E-state index is 12.5. The lowest BCUT2D eigenvalue weighted by Crippen LogP contribution is -2.34. The van der Waals surface area contributed by atoms with E-state index in [4.69, 9.17) is 4.74 Å². The molecule has 0 fully saturated rings. The first-order chi connectivity index (χ1) is 12.7. The van der Waals surface area contributed by atoms with E-state index in [1.807, 2.05) is 29.2 Å². The number of amides is 2. The van der Waals surface area contributed by atoms with Crippen molar-refractivity contribution in [3.63, 3.8) is 0 Å². The number of ether oxygens (including phenoxy) is 1. The van der Waals surface area contributed by atoms with Gasteiger partial charge in [0.25, 0.3) is 5.91 Å². The van der Waals surface area contributed by atoms with Crippen LogP contribution in [0.5, 0.6) is 0 Å². The van der Waals surface area contributed by atoms with E-state index < -0.39 is 0 Å². The molecule has 0 spiro atoms. The molecule has 0 unspecified atom stereocenters. The van der Waals surface area contributed by atoms with Crippen LogP contribution in [0.2, 0.25) is 0 Å². The standard InChI is InChI=1S/C20H23N3O3/c1-26-12-10-21-20(25)16-6-4-7-17(13-16)22-14-19(24)23-11-9-15-5-2-3-8-18(15)23/h2-8,13,22H,9-12,14H2,1H3,(H,21,25). The summed E-state index contributed by atoms with van der Waals surface area (Å²) in [7, 11) is 1.59. The Kier molecular flexibility index (Phi) is 5.86. The number of carbonyl (C=O) groups is 2. The largest absolute Gasteiger partial charge is 0.383 e. The molecule has 2 aromatic rings. The van der Waals surface area contributed by atoms with Crippen LogP contribution in [-0.4, -0.2) is 45.2 Å². The van der Waals surface area contributed by atoms with Crippen LogP contribution in [0.15, 0.2) is 48.5 Å². The summed E-state index contributed by atoms with van der Waals surface area (Å²) in [4.78, 5) is 26.4. The van der Waals surface area contributed by atoms with Gasteiger partial charge < -0.3 is 20.3 Å². The molecule has 0 bridgehead atoms. The van der Waals surface area contributed by atoms with Crippen molar-refractivity contribution in [1.82, 2.24) is 5.32 Å². The minimum Gasteiger partial charge on any atom is -0.383 e. The van der Waals surface area contributed by atoms with Gasteiger partial charge in [-0.05, 0) is 36.2 Å². The van der Waals surface area contributed by atoms with Gasteiger partial charge in [0.2, 0.25) is 5.91 Å². The van der Waals surface area contributed by atoms with Gasteiger partial charge in [0.1, 0.15) is 0 Å². The average Bonchev–Trinajstić information content (AvgIpc) is 3.11. The first-order valence-electron chi connectivity index (χ1n) is 8.68. The first kappa shape index (κ1) is 17.9. The molecule has 2 aromatic carbocycles. The van der Waals surface area contributed by atoms with Gasteiger partial charge in [-0.25, -0.2) is 0 Å². The predicted octanol–water partition coefficient (Wildman–Crippen LogP) is 2.06. The Hall–Kier alpha value is -2.86. The van der Waals surface area contributed by atoms with Crippen molar-refractivity contribution in [2.24, 2.45) is 0 Å². The minimum absolute atomic E-state index is 0.0184. The Labute approximate surface area is 153 Å². The number of hydrogen-bond donors (Lipinski definition) is 2. The third-order valence-corrected chi connectivity index (χ3v) is 4.35. The lowest BCUT2D eigenvalue weighted by molar-refractivity contribution is -0.116. The molecular formula is C20H23N3O3. The summed E-state index contributed by atoms with van der Waals surface area (Å²) in [6, 6.07) is 15.1. The highest BCUT2D eigenvalue weighted by Gasteiger charge is 2.23. The molecule has 26 heavy (non-hydrogen) atoms. The highest BCUT2D eigenvalue weighted by molar-refractivity contribution is 5.98. The highest BCUT2D eigenvalue weighted by Crippen LogP contribution is 2.27. The summed E-state index contributed by atoms with van der Waals surface area (Å²) in [5, 5.41) is 5.90. The number of nitrogens with one attached hydrogen (secondary N) is 2. The van der Waals surface area contributed by atoms with Gasteiger partial charge in [-0.1, -0.05) is 24.3 Å². The van der Waals surface area contributed by atoms with Crippen LogP contribution < -0.4 is 15.5 Å². The number of nitrogens with zero attached hydrogens (tertiary/aromatic N) is 1. The fourth-order valence-corrected chi connectivity index (χ4v) is 3.01. The second kappa shape index (κ2) is 8.49. The van der Waals surface area contributed by atoms with Gasteiger partial charge in [-0.2, -0.15) is 0 Å². The Bertz CT molecular complexity index is 791. The van der Waals surface area contributed by atoms with Crippen LogP contribution >= 0.6 is 0 Å².